The number of anilines is 1. The molecule has 1 aliphatic rings. The van der Waals surface area contributed by atoms with Gasteiger partial charge in [0.05, 0.1) is 24.7 Å². The van der Waals surface area contributed by atoms with Crippen molar-refractivity contribution >= 4 is 11.6 Å². The number of fused-ring (bicyclic) bond motifs is 4. The van der Waals surface area contributed by atoms with E-state index >= 15 is 0 Å². The molecule has 0 saturated carbocycles. The van der Waals surface area contributed by atoms with E-state index in [1.54, 1.807) is 30.3 Å². The zero-order valence-electron chi connectivity index (χ0n) is 16.1. The summed E-state index contributed by atoms with van der Waals surface area (Å²) in [7, 11) is 1.58. The lowest BCUT2D eigenvalue weighted by Crippen LogP contribution is -2.20. The van der Waals surface area contributed by atoms with Crippen LogP contribution in [0.15, 0.2) is 42.9 Å². The molecule has 0 aliphatic carbocycles. The molecule has 0 radical (unpaired) electrons. The van der Waals surface area contributed by atoms with Gasteiger partial charge in [-0.25, -0.2) is 9.67 Å². The van der Waals surface area contributed by atoms with E-state index in [4.69, 9.17) is 9.84 Å². The topological polar surface area (TPSA) is 81.9 Å². The van der Waals surface area contributed by atoms with Crippen molar-refractivity contribution in [3.63, 3.8) is 0 Å². The molecule has 0 spiro atoms. The van der Waals surface area contributed by atoms with E-state index in [0.717, 1.165) is 48.3 Å². The first kappa shape index (κ1) is 18.2. The van der Waals surface area contributed by atoms with Crippen molar-refractivity contribution in [2.75, 3.05) is 12.4 Å². The SMILES string of the molecule is COc1cc(-n2cc3c(n2)-c2ccnc(c2)CCCCC(C)C(=O)N3)ccn1. The van der Waals surface area contributed by atoms with Gasteiger partial charge in [0.2, 0.25) is 11.8 Å². The molecule has 1 N–H and O–H groups in total. The summed E-state index contributed by atoms with van der Waals surface area (Å²) in [6.07, 6.45) is 9.09. The smallest absolute Gasteiger partial charge is 0.227 e. The molecule has 1 unspecified atom stereocenters. The van der Waals surface area contributed by atoms with Crippen LogP contribution >= 0.6 is 0 Å². The van der Waals surface area contributed by atoms with Gasteiger partial charge in [-0.2, -0.15) is 5.10 Å². The summed E-state index contributed by atoms with van der Waals surface area (Å²) in [6, 6.07) is 7.63. The van der Waals surface area contributed by atoms with Crippen LogP contribution in [0.2, 0.25) is 0 Å². The van der Waals surface area contributed by atoms with E-state index in [1.165, 1.54) is 0 Å². The van der Waals surface area contributed by atoms with Crippen LogP contribution in [-0.2, 0) is 11.2 Å². The number of carbonyl (C=O) groups is 1. The lowest BCUT2D eigenvalue weighted by atomic mass is 10.00. The molecule has 1 amide bonds. The molecule has 3 aromatic rings. The predicted molar refractivity (Wildman–Crippen MR) is 106 cm³/mol. The third-order valence-corrected chi connectivity index (χ3v) is 5.02. The normalized spacial score (nSPS) is 17.1. The molecule has 28 heavy (non-hydrogen) atoms. The number of rotatable bonds is 2. The number of nitrogens with zero attached hydrogens (tertiary/aromatic N) is 4. The zero-order valence-corrected chi connectivity index (χ0v) is 16.1. The lowest BCUT2D eigenvalue weighted by molar-refractivity contribution is -0.119. The minimum Gasteiger partial charge on any atom is -0.481 e. The van der Waals surface area contributed by atoms with E-state index in [9.17, 15) is 4.79 Å². The van der Waals surface area contributed by atoms with Crippen LogP contribution < -0.4 is 10.1 Å². The third kappa shape index (κ3) is 3.74. The number of nitrogens with one attached hydrogen (secondary N) is 1. The molecular formula is C21H23N5O2. The van der Waals surface area contributed by atoms with Crippen LogP contribution in [0.1, 0.15) is 31.9 Å². The quantitative estimate of drug-likeness (QED) is 0.737. The highest BCUT2D eigenvalue weighted by atomic mass is 16.5. The molecule has 3 aromatic heterocycles. The van der Waals surface area contributed by atoms with Gasteiger partial charge < -0.3 is 10.1 Å². The van der Waals surface area contributed by atoms with E-state index in [-0.39, 0.29) is 11.8 Å². The highest BCUT2D eigenvalue weighted by Gasteiger charge is 2.20. The van der Waals surface area contributed by atoms with Crippen LogP contribution in [-0.4, -0.2) is 32.8 Å². The first-order chi connectivity index (χ1) is 13.6. The fourth-order valence-electron chi connectivity index (χ4n) is 3.37. The van der Waals surface area contributed by atoms with Crippen LogP contribution in [0.4, 0.5) is 5.69 Å². The molecule has 4 heterocycles. The second-order valence-corrected chi connectivity index (χ2v) is 7.06. The molecule has 0 fully saturated rings. The average molecular weight is 377 g/mol. The monoisotopic (exact) mass is 377 g/mol. The Labute approximate surface area is 163 Å². The Hall–Kier alpha value is -3.22. The summed E-state index contributed by atoms with van der Waals surface area (Å²) in [5, 5.41) is 7.81. The van der Waals surface area contributed by atoms with Gasteiger partial charge in [0, 0.05) is 35.6 Å². The van der Waals surface area contributed by atoms with Gasteiger partial charge in [-0.3, -0.25) is 9.78 Å². The maximum absolute atomic E-state index is 12.7. The van der Waals surface area contributed by atoms with Crippen molar-refractivity contribution in [2.45, 2.75) is 32.6 Å². The first-order valence-electron chi connectivity index (χ1n) is 9.50. The fourth-order valence-corrected chi connectivity index (χ4v) is 3.37. The minimum atomic E-state index is -0.0528. The number of methoxy groups -OCH3 is 1. The molecule has 4 rings (SSSR count). The molecule has 1 atom stereocenters. The Morgan fingerprint density at radius 2 is 2.04 bits per heavy atom. The Bertz CT molecular complexity index is 998. The van der Waals surface area contributed by atoms with Crippen molar-refractivity contribution in [3.8, 4) is 22.8 Å². The molecular weight excluding hydrogens is 354 g/mol. The molecule has 0 saturated heterocycles. The summed E-state index contributed by atoms with van der Waals surface area (Å²) in [6.45, 7) is 1.97. The number of hydrogen-bond acceptors (Lipinski definition) is 5. The summed E-state index contributed by atoms with van der Waals surface area (Å²) in [5.74, 6) is 0.469. The van der Waals surface area contributed by atoms with Gasteiger partial charge in [0.1, 0.15) is 5.69 Å². The van der Waals surface area contributed by atoms with Gasteiger partial charge in [-0.05, 0) is 37.5 Å². The van der Waals surface area contributed by atoms with Crippen LogP contribution in [0.25, 0.3) is 16.9 Å². The minimum absolute atomic E-state index is 0.0166. The van der Waals surface area contributed by atoms with Crippen LogP contribution in [0, 0.1) is 5.92 Å². The molecule has 7 heteroatoms. The van der Waals surface area contributed by atoms with Crippen molar-refractivity contribution in [3.05, 3.63) is 48.5 Å². The van der Waals surface area contributed by atoms with Crippen LogP contribution in [0.3, 0.4) is 0 Å². The molecule has 144 valence electrons. The summed E-state index contributed by atoms with van der Waals surface area (Å²) < 4.78 is 6.95. The number of ether oxygens (including phenoxy) is 1. The van der Waals surface area contributed by atoms with Gasteiger partial charge >= 0.3 is 0 Å². The maximum atomic E-state index is 12.7. The number of amides is 1. The standard InChI is InChI=1S/C21H23N5O2/c1-14-5-3-4-6-16-11-15(7-9-22-16)20-18(24-21(14)27)13-26(25-20)17-8-10-23-19(12-17)28-2/h7-14H,3-6H2,1-2H3,(H,24,27). The Morgan fingerprint density at radius 1 is 1.18 bits per heavy atom. The molecule has 1 aliphatic heterocycles. The van der Waals surface area contributed by atoms with Gasteiger partial charge in [-0.15, -0.1) is 0 Å². The largest absolute Gasteiger partial charge is 0.481 e. The fraction of sp³-hybridized carbons (Fsp3) is 0.333. The predicted octanol–water partition coefficient (Wildman–Crippen LogP) is 3.64. The van der Waals surface area contributed by atoms with E-state index in [1.807, 2.05) is 25.3 Å². The van der Waals surface area contributed by atoms with Gasteiger partial charge in [0.15, 0.2) is 0 Å². The van der Waals surface area contributed by atoms with Gasteiger partial charge in [0.25, 0.3) is 0 Å². The average Bonchev–Trinajstić information content (AvgIpc) is 3.14. The van der Waals surface area contributed by atoms with Crippen molar-refractivity contribution in [1.82, 2.24) is 19.7 Å². The number of carbonyl (C=O) groups excluding carboxylic acids is 1. The van der Waals surface area contributed by atoms with Crippen molar-refractivity contribution in [2.24, 2.45) is 5.92 Å². The summed E-state index contributed by atoms with van der Waals surface area (Å²) >= 11 is 0. The lowest BCUT2D eigenvalue weighted by Gasteiger charge is -2.13. The number of aromatic nitrogens is 4. The summed E-state index contributed by atoms with van der Waals surface area (Å²) in [4.78, 5) is 21.3. The highest BCUT2D eigenvalue weighted by Crippen LogP contribution is 2.30. The summed E-state index contributed by atoms with van der Waals surface area (Å²) in [5.41, 5.74) is 4.20. The van der Waals surface area contributed by atoms with Crippen molar-refractivity contribution in [1.29, 1.82) is 0 Å². The van der Waals surface area contributed by atoms with Gasteiger partial charge in [-0.1, -0.05) is 13.3 Å². The Kier molecular flexibility index (Phi) is 5.06. The number of pyridine rings is 2. The van der Waals surface area contributed by atoms with E-state index < -0.39 is 0 Å². The van der Waals surface area contributed by atoms with Crippen molar-refractivity contribution < 1.29 is 9.53 Å². The zero-order chi connectivity index (χ0) is 19.5. The molecule has 7 nitrogen and oxygen atoms in total. The van der Waals surface area contributed by atoms with E-state index in [2.05, 4.69) is 21.4 Å². The van der Waals surface area contributed by atoms with Crippen LogP contribution in [0.5, 0.6) is 5.88 Å². The maximum Gasteiger partial charge on any atom is 0.227 e. The third-order valence-electron chi connectivity index (χ3n) is 5.02. The Balaban J connectivity index is 1.81. The van der Waals surface area contributed by atoms with E-state index in [0.29, 0.717) is 11.6 Å². The highest BCUT2D eigenvalue weighted by molar-refractivity contribution is 5.95. The Morgan fingerprint density at radius 3 is 2.89 bits per heavy atom. The number of hydrogen-bond donors (Lipinski definition) is 1. The molecule has 0 aromatic carbocycles. The molecule has 2 bridgehead atoms. The number of aryl methyl sites for hydroxylation is 1. The first-order valence-corrected chi connectivity index (χ1v) is 9.50. The second-order valence-electron chi connectivity index (χ2n) is 7.06. The second kappa shape index (κ2) is 7.80.